The summed E-state index contributed by atoms with van der Waals surface area (Å²) >= 11 is 0. The molecule has 0 aromatic carbocycles. The second-order valence-corrected chi connectivity index (χ2v) is 3.86. The molecule has 0 fully saturated rings. The Bertz CT molecular complexity index is 91.6. The van der Waals surface area contributed by atoms with Crippen LogP contribution >= 0.6 is 0 Å². The summed E-state index contributed by atoms with van der Waals surface area (Å²) < 4.78 is 0. The number of aliphatic hydroxyl groups excluding tert-OH is 1. The molecule has 0 aliphatic carbocycles. The van der Waals surface area contributed by atoms with Gasteiger partial charge in [0.15, 0.2) is 0 Å². The molecule has 0 saturated heterocycles. The van der Waals surface area contributed by atoms with Crippen LogP contribution < -0.4 is 5.32 Å². The van der Waals surface area contributed by atoms with Gasteiger partial charge in [-0.2, -0.15) is 0 Å². The minimum atomic E-state index is -0.200. The van der Waals surface area contributed by atoms with Gasteiger partial charge in [0, 0.05) is 6.54 Å². The van der Waals surface area contributed by atoms with E-state index in [0.717, 1.165) is 13.1 Å². The zero-order valence-electron chi connectivity index (χ0n) is 8.09. The second-order valence-electron chi connectivity index (χ2n) is 3.86. The van der Waals surface area contributed by atoms with Gasteiger partial charge in [0.2, 0.25) is 0 Å². The van der Waals surface area contributed by atoms with Gasteiger partial charge in [0.05, 0.1) is 6.10 Å². The largest absolute Gasteiger partial charge is 0.392 e. The first-order valence-electron chi connectivity index (χ1n) is 4.42. The number of hydrogen-bond donors (Lipinski definition) is 2. The maximum absolute atomic E-state index is 9.38. The van der Waals surface area contributed by atoms with Crippen LogP contribution in [0, 0.1) is 11.8 Å². The average Bonchev–Trinajstić information content (AvgIpc) is 1.86. The van der Waals surface area contributed by atoms with Crippen molar-refractivity contribution < 1.29 is 5.11 Å². The topological polar surface area (TPSA) is 32.3 Å². The summed E-state index contributed by atoms with van der Waals surface area (Å²) in [4.78, 5) is 0. The second kappa shape index (κ2) is 5.56. The fourth-order valence-electron chi connectivity index (χ4n) is 0.756. The highest BCUT2D eigenvalue weighted by molar-refractivity contribution is 4.63. The van der Waals surface area contributed by atoms with E-state index < -0.39 is 0 Å². The zero-order valence-corrected chi connectivity index (χ0v) is 8.09. The minimum absolute atomic E-state index is 0.200. The first kappa shape index (κ1) is 10.9. The molecular formula is C9H21NO. The van der Waals surface area contributed by atoms with Gasteiger partial charge in [-0.25, -0.2) is 0 Å². The van der Waals surface area contributed by atoms with Gasteiger partial charge in [-0.15, -0.1) is 0 Å². The molecule has 0 aromatic rings. The third kappa shape index (κ3) is 6.32. The normalized spacial score (nSPS) is 14.5. The minimum Gasteiger partial charge on any atom is -0.392 e. The molecule has 11 heavy (non-hydrogen) atoms. The summed E-state index contributed by atoms with van der Waals surface area (Å²) in [7, 11) is 0. The van der Waals surface area contributed by atoms with Crippen LogP contribution in [0.15, 0.2) is 0 Å². The van der Waals surface area contributed by atoms with Gasteiger partial charge < -0.3 is 10.4 Å². The molecule has 1 unspecified atom stereocenters. The number of hydrogen-bond acceptors (Lipinski definition) is 2. The molecule has 0 heterocycles. The molecule has 0 aromatic heterocycles. The molecule has 0 radical (unpaired) electrons. The molecule has 68 valence electrons. The molecule has 0 saturated carbocycles. The van der Waals surface area contributed by atoms with Gasteiger partial charge in [-0.3, -0.25) is 0 Å². The Morgan fingerprint density at radius 1 is 1.09 bits per heavy atom. The monoisotopic (exact) mass is 159 g/mol. The summed E-state index contributed by atoms with van der Waals surface area (Å²) in [5.74, 6) is 1.02. The van der Waals surface area contributed by atoms with Crippen LogP contribution in [-0.4, -0.2) is 24.3 Å². The quantitative estimate of drug-likeness (QED) is 0.633. The molecule has 2 N–H and O–H groups in total. The van der Waals surface area contributed by atoms with E-state index >= 15 is 0 Å². The van der Waals surface area contributed by atoms with Gasteiger partial charge in [0.25, 0.3) is 0 Å². The Balaban J connectivity index is 3.24. The van der Waals surface area contributed by atoms with E-state index in [-0.39, 0.29) is 6.10 Å². The number of aliphatic hydroxyl groups is 1. The van der Waals surface area contributed by atoms with E-state index in [4.69, 9.17) is 0 Å². The molecule has 0 spiro atoms. The summed E-state index contributed by atoms with van der Waals surface area (Å²) in [6.07, 6.45) is -0.200. The van der Waals surface area contributed by atoms with Crippen molar-refractivity contribution in [1.29, 1.82) is 0 Å². The summed E-state index contributed by atoms with van der Waals surface area (Å²) in [6, 6.07) is 0. The van der Waals surface area contributed by atoms with E-state index in [1.807, 2.05) is 13.8 Å². The molecule has 2 nitrogen and oxygen atoms in total. The van der Waals surface area contributed by atoms with Crippen molar-refractivity contribution in [2.24, 2.45) is 11.8 Å². The fourth-order valence-corrected chi connectivity index (χ4v) is 0.756. The Morgan fingerprint density at radius 3 is 2.00 bits per heavy atom. The number of nitrogens with one attached hydrogen (secondary N) is 1. The smallest absolute Gasteiger partial charge is 0.0687 e. The van der Waals surface area contributed by atoms with Crippen LogP contribution in [-0.2, 0) is 0 Å². The summed E-state index contributed by atoms with van der Waals surface area (Å²) in [6.45, 7) is 10.1. The van der Waals surface area contributed by atoms with E-state index in [9.17, 15) is 5.11 Å². The lowest BCUT2D eigenvalue weighted by atomic mass is 10.1. The lowest BCUT2D eigenvalue weighted by Gasteiger charge is -2.15. The van der Waals surface area contributed by atoms with Crippen LogP contribution in [0.4, 0.5) is 0 Å². The molecule has 0 bridgehead atoms. The lowest BCUT2D eigenvalue weighted by molar-refractivity contribution is 0.123. The molecular weight excluding hydrogens is 138 g/mol. The van der Waals surface area contributed by atoms with Crippen molar-refractivity contribution in [3.05, 3.63) is 0 Å². The summed E-state index contributed by atoms with van der Waals surface area (Å²) in [5, 5.41) is 12.6. The average molecular weight is 159 g/mol. The van der Waals surface area contributed by atoms with E-state index in [2.05, 4.69) is 19.2 Å². The van der Waals surface area contributed by atoms with Gasteiger partial charge in [-0.1, -0.05) is 27.7 Å². The van der Waals surface area contributed by atoms with Gasteiger partial charge in [-0.05, 0) is 18.4 Å². The third-order valence-electron chi connectivity index (χ3n) is 1.68. The van der Waals surface area contributed by atoms with E-state index in [1.165, 1.54) is 0 Å². The van der Waals surface area contributed by atoms with Crippen LogP contribution in [0.2, 0.25) is 0 Å². The van der Waals surface area contributed by atoms with Crippen LogP contribution in [0.5, 0.6) is 0 Å². The Labute approximate surface area is 70.0 Å². The number of rotatable bonds is 5. The fraction of sp³-hybridized carbons (Fsp3) is 1.00. The Kier molecular flexibility index (Phi) is 5.51. The van der Waals surface area contributed by atoms with E-state index in [0.29, 0.717) is 11.8 Å². The summed E-state index contributed by atoms with van der Waals surface area (Å²) in [5.41, 5.74) is 0. The highest BCUT2D eigenvalue weighted by atomic mass is 16.3. The highest BCUT2D eigenvalue weighted by Gasteiger charge is 2.07. The van der Waals surface area contributed by atoms with Crippen molar-refractivity contribution in [2.75, 3.05) is 13.1 Å². The van der Waals surface area contributed by atoms with Crippen molar-refractivity contribution in [1.82, 2.24) is 5.32 Å². The van der Waals surface area contributed by atoms with Crippen molar-refractivity contribution in [2.45, 2.75) is 33.8 Å². The van der Waals surface area contributed by atoms with Crippen LogP contribution in [0.25, 0.3) is 0 Å². The molecule has 2 heteroatoms. The molecule has 0 aliphatic heterocycles. The maximum Gasteiger partial charge on any atom is 0.0687 e. The predicted octanol–water partition coefficient (Wildman–Crippen LogP) is 1.25. The lowest BCUT2D eigenvalue weighted by Crippen LogP contribution is -2.32. The Hall–Kier alpha value is -0.0800. The molecule has 0 amide bonds. The van der Waals surface area contributed by atoms with Crippen LogP contribution in [0.1, 0.15) is 27.7 Å². The molecule has 1 atom stereocenters. The standard InChI is InChI=1S/C9H21NO/c1-7(2)5-10-6-9(11)8(3)4/h7-11H,5-6H2,1-4H3. The molecule has 0 rings (SSSR count). The molecule has 0 aliphatic rings. The first-order valence-corrected chi connectivity index (χ1v) is 4.42. The highest BCUT2D eigenvalue weighted by Crippen LogP contribution is 1.99. The van der Waals surface area contributed by atoms with Gasteiger partial charge in [0.1, 0.15) is 0 Å². The third-order valence-corrected chi connectivity index (χ3v) is 1.68. The first-order chi connectivity index (χ1) is 5.04. The van der Waals surface area contributed by atoms with Crippen molar-refractivity contribution in [3.63, 3.8) is 0 Å². The maximum atomic E-state index is 9.38. The Morgan fingerprint density at radius 2 is 1.64 bits per heavy atom. The van der Waals surface area contributed by atoms with Crippen molar-refractivity contribution >= 4 is 0 Å². The van der Waals surface area contributed by atoms with Crippen LogP contribution in [0.3, 0.4) is 0 Å². The zero-order chi connectivity index (χ0) is 8.85. The van der Waals surface area contributed by atoms with Crippen molar-refractivity contribution in [3.8, 4) is 0 Å². The SMILES string of the molecule is CC(C)CNCC(O)C(C)C. The van der Waals surface area contributed by atoms with E-state index in [1.54, 1.807) is 0 Å². The predicted molar refractivity (Wildman–Crippen MR) is 48.6 cm³/mol. The van der Waals surface area contributed by atoms with Gasteiger partial charge >= 0.3 is 0 Å².